The van der Waals surface area contributed by atoms with E-state index >= 15 is 0 Å². The summed E-state index contributed by atoms with van der Waals surface area (Å²) in [5.41, 5.74) is 1.97. The van der Waals surface area contributed by atoms with Crippen LogP contribution in [-0.4, -0.2) is 35.6 Å². The number of rotatable bonds is 8. The number of hydrogen-bond acceptors (Lipinski definition) is 6. The molecule has 0 unspecified atom stereocenters. The van der Waals surface area contributed by atoms with Crippen molar-refractivity contribution in [3.63, 3.8) is 0 Å². The zero-order valence-electron chi connectivity index (χ0n) is 19.6. The van der Waals surface area contributed by atoms with Gasteiger partial charge in [0.05, 0.1) is 21.5 Å². The zero-order chi connectivity index (χ0) is 27.4. The Hall–Kier alpha value is -2.50. The second-order valence-electron chi connectivity index (χ2n) is 7.89. The zero-order valence-corrected chi connectivity index (χ0v) is 25.1. The second kappa shape index (κ2) is 12.6. The summed E-state index contributed by atoms with van der Waals surface area (Å²) in [6.45, 7) is -0.140. The first kappa shape index (κ1) is 28.5. The Morgan fingerprint density at radius 1 is 1.05 bits per heavy atom. The molecule has 12 heteroatoms. The van der Waals surface area contributed by atoms with Crippen molar-refractivity contribution < 1.29 is 23.9 Å². The normalized spacial score (nSPS) is 14.2. The summed E-state index contributed by atoms with van der Waals surface area (Å²) >= 11 is 19.5. The number of nitrogens with one attached hydrogen (secondary N) is 1. The van der Waals surface area contributed by atoms with Gasteiger partial charge in [0.2, 0.25) is 5.91 Å². The Labute approximate surface area is 249 Å². The van der Waals surface area contributed by atoms with Gasteiger partial charge in [-0.3, -0.25) is 19.3 Å². The molecule has 1 N–H and O–H groups in total. The van der Waals surface area contributed by atoms with Gasteiger partial charge in [0.15, 0.2) is 11.5 Å². The van der Waals surface area contributed by atoms with E-state index in [4.69, 9.17) is 32.7 Å². The summed E-state index contributed by atoms with van der Waals surface area (Å²) < 4.78 is 12.7. The van der Waals surface area contributed by atoms with Crippen molar-refractivity contribution in [2.45, 2.75) is 6.61 Å². The minimum atomic E-state index is -0.567. The Morgan fingerprint density at radius 3 is 2.47 bits per heavy atom. The number of benzene rings is 3. The fraction of sp³-hybridized carbons (Fsp3) is 0.115. The van der Waals surface area contributed by atoms with Crippen molar-refractivity contribution in [3.05, 3.63) is 89.6 Å². The van der Waals surface area contributed by atoms with Gasteiger partial charge in [0.1, 0.15) is 13.2 Å². The minimum absolute atomic E-state index is 0.179. The van der Waals surface area contributed by atoms with Gasteiger partial charge in [0.25, 0.3) is 11.1 Å². The highest BCUT2D eigenvalue weighted by molar-refractivity contribution is 9.10. The molecule has 0 aliphatic carbocycles. The van der Waals surface area contributed by atoms with E-state index in [0.717, 1.165) is 22.2 Å². The lowest BCUT2D eigenvalue weighted by atomic mass is 10.1. The summed E-state index contributed by atoms with van der Waals surface area (Å²) in [5.74, 6) is -0.176. The number of amides is 3. The number of nitrogens with zero attached hydrogens (tertiary/aromatic N) is 1. The summed E-state index contributed by atoms with van der Waals surface area (Å²) in [5, 5.41) is 3.15. The molecule has 0 aromatic heterocycles. The average molecular weight is 701 g/mol. The summed E-state index contributed by atoms with van der Waals surface area (Å²) in [4.78, 5) is 39.0. The molecular formula is C26H18Br2Cl2N2O5S. The fourth-order valence-corrected chi connectivity index (χ4v) is 5.37. The number of halogens is 4. The van der Waals surface area contributed by atoms with Gasteiger partial charge in [-0.15, -0.1) is 0 Å². The molecule has 196 valence electrons. The van der Waals surface area contributed by atoms with Crippen LogP contribution in [0.1, 0.15) is 11.1 Å². The number of hydrogen-bond donors (Lipinski definition) is 1. The van der Waals surface area contributed by atoms with E-state index in [-0.39, 0.29) is 4.91 Å². The van der Waals surface area contributed by atoms with Crippen molar-refractivity contribution in [1.29, 1.82) is 0 Å². The number of ether oxygens (including phenoxy) is 2. The largest absolute Gasteiger partial charge is 0.493 e. The number of methoxy groups -OCH3 is 1. The van der Waals surface area contributed by atoms with E-state index in [9.17, 15) is 14.4 Å². The quantitative estimate of drug-likeness (QED) is 0.242. The van der Waals surface area contributed by atoms with Crippen LogP contribution in [0.2, 0.25) is 10.0 Å². The molecule has 0 radical (unpaired) electrons. The lowest BCUT2D eigenvalue weighted by Gasteiger charge is -2.14. The molecule has 3 aromatic rings. The SMILES string of the molecule is COc1cc(/C=C2/SC(=O)N(CC(=O)Nc3ccc(Br)c(Cl)c3)C2=O)cc(Br)c1OCc1ccc(Cl)cc1. The third-order valence-corrected chi connectivity index (χ3v) is 8.21. The van der Waals surface area contributed by atoms with Gasteiger partial charge in [-0.2, -0.15) is 0 Å². The molecule has 1 heterocycles. The standard InChI is InChI=1S/C26H18Br2Cl2N2O5S/c1-36-21-9-15(8-19(28)24(21)37-13-14-2-4-16(29)5-3-14)10-22-25(34)32(26(35)38-22)12-23(33)31-17-6-7-18(27)20(30)11-17/h2-11H,12-13H2,1H3,(H,31,33)/b22-10+. The van der Waals surface area contributed by atoms with E-state index in [1.54, 1.807) is 48.5 Å². The van der Waals surface area contributed by atoms with Crippen molar-refractivity contribution >= 4 is 95.6 Å². The highest BCUT2D eigenvalue weighted by Crippen LogP contribution is 2.39. The maximum absolute atomic E-state index is 12.9. The Kier molecular flexibility index (Phi) is 9.43. The van der Waals surface area contributed by atoms with E-state index < -0.39 is 23.6 Å². The van der Waals surface area contributed by atoms with Crippen LogP contribution in [0.5, 0.6) is 11.5 Å². The predicted molar refractivity (Wildman–Crippen MR) is 157 cm³/mol. The molecule has 0 atom stereocenters. The van der Waals surface area contributed by atoms with E-state index in [1.165, 1.54) is 7.11 Å². The van der Waals surface area contributed by atoms with Crippen LogP contribution < -0.4 is 14.8 Å². The molecule has 0 saturated carbocycles. The van der Waals surface area contributed by atoms with Crippen LogP contribution in [0.15, 0.2) is 68.4 Å². The molecule has 0 spiro atoms. The van der Waals surface area contributed by atoms with Crippen LogP contribution in [0.3, 0.4) is 0 Å². The van der Waals surface area contributed by atoms with Crippen LogP contribution in [0.25, 0.3) is 6.08 Å². The van der Waals surface area contributed by atoms with Crippen LogP contribution in [0.4, 0.5) is 10.5 Å². The molecule has 3 aromatic carbocycles. The maximum Gasteiger partial charge on any atom is 0.294 e. The molecule has 1 fully saturated rings. The monoisotopic (exact) mass is 698 g/mol. The molecule has 4 rings (SSSR count). The van der Waals surface area contributed by atoms with Gasteiger partial charge >= 0.3 is 0 Å². The molecular weight excluding hydrogens is 683 g/mol. The number of imide groups is 1. The Morgan fingerprint density at radius 2 is 1.79 bits per heavy atom. The third kappa shape index (κ3) is 6.92. The van der Waals surface area contributed by atoms with Gasteiger partial charge < -0.3 is 14.8 Å². The molecule has 1 saturated heterocycles. The highest BCUT2D eigenvalue weighted by Gasteiger charge is 2.36. The predicted octanol–water partition coefficient (Wildman–Crippen LogP) is 7.78. The van der Waals surface area contributed by atoms with Gasteiger partial charge in [-0.05, 0) is 103 Å². The molecule has 0 bridgehead atoms. The lowest BCUT2D eigenvalue weighted by Crippen LogP contribution is -2.36. The Bertz CT molecular complexity index is 1450. The highest BCUT2D eigenvalue weighted by atomic mass is 79.9. The van der Waals surface area contributed by atoms with Crippen LogP contribution in [0, 0.1) is 0 Å². The van der Waals surface area contributed by atoms with Crippen molar-refractivity contribution in [2.24, 2.45) is 0 Å². The molecule has 1 aliphatic rings. The first-order valence-electron chi connectivity index (χ1n) is 10.9. The van der Waals surface area contributed by atoms with E-state index in [1.807, 2.05) is 12.1 Å². The van der Waals surface area contributed by atoms with Gasteiger partial charge in [0, 0.05) is 15.2 Å². The van der Waals surface area contributed by atoms with Crippen molar-refractivity contribution in [1.82, 2.24) is 4.90 Å². The topological polar surface area (TPSA) is 84.9 Å². The smallest absolute Gasteiger partial charge is 0.294 e. The number of carbonyl (C=O) groups excluding carboxylic acids is 3. The maximum atomic E-state index is 12.9. The molecule has 1 aliphatic heterocycles. The summed E-state index contributed by atoms with van der Waals surface area (Å²) in [6.07, 6.45) is 1.56. The fourth-order valence-electron chi connectivity index (χ4n) is 3.40. The van der Waals surface area contributed by atoms with E-state index in [2.05, 4.69) is 37.2 Å². The number of anilines is 1. The van der Waals surface area contributed by atoms with Crippen molar-refractivity contribution in [3.8, 4) is 11.5 Å². The summed E-state index contributed by atoms with van der Waals surface area (Å²) in [7, 11) is 1.51. The van der Waals surface area contributed by atoms with Crippen LogP contribution >= 0.6 is 66.8 Å². The molecule has 38 heavy (non-hydrogen) atoms. The first-order valence-corrected chi connectivity index (χ1v) is 14.1. The lowest BCUT2D eigenvalue weighted by molar-refractivity contribution is -0.127. The van der Waals surface area contributed by atoms with Crippen LogP contribution in [-0.2, 0) is 16.2 Å². The summed E-state index contributed by atoms with van der Waals surface area (Å²) in [6, 6.07) is 15.6. The van der Waals surface area contributed by atoms with Crippen molar-refractivity contribution in [2.75, 3.05) is 19.0 Å². The number of thioether (sulfide) groups is 1. The third-order valence-electron chi connectivity index (χ3n) is 5.22. The Balaban J connectivity index is 1.46. The number of carbonyl (C=O) groups is 3. The van der Waals surface area contributed by atoms with E-state index in [0.29, 0.717) is 48.3 Å². The van der Waals surface area contributed by atoms with Gasteiger partial charge in [-0.1, -0.05) is 35.3 Å². The minimum Gasteiger partial charge on any atom is -0.493 e. The average Bonchev–Trinajstić information content (AvgIpc) is 3.13. The van der Waals surface area contributed by atoms with Gasteiger partial charge in [-0.25, -0.2) is 0 Å². The molecule has 3 amide bonds. The first-order chi connectivity index (χ1) is 18.1. The molecule has 7 nitrogen and oxygen atoms in total. The second-order valence-corrected chi connectivity index (χ2v) is 11.4.